The minimum atomic E-state index is -1.01. The average molecular weight is 280 g/mol. The minimum Gasteiger partial charge on any atom is -0.393 e. The zero-order chi connectivity index (χ0) is 13.9. The van der Waals surface area contributed by atoms with Gasteiger partial charge in [0.1, 0.15) is 0 Å². The lowest BCUT2D eigenvalue weighted by atomic mass is 9.51. The SMILES string of the molecule is OC1CCC2C3CCC4CCCC4C3CC(O)C2(O)C1. The van der Waals surface area contributed by atoms with Gasteiger partial charge in [-0.05, 0) is 68.1 Å². The van der Waals surface area contributed by atoms with E-state index in [4.69, 9.17) is 0 Å². The van der Waals surface area contributed by atoms with Crippen LogP contribution in [-0.4, -0.2) is 33.1 Å². The van der Waals surface area contributed by atoms with Crippen molar-refractivity contribution in [3.8, 4) is 0 Å². The van der Waals surface area contributed by atoms with Crippen molar-refractivity contribution in [1.82, 2.24) is 0 Å². The van der Waals surface area contributed by atoms with E-state index >= 15 is 0 Å². The van der Waals surface area contributed by atoms with E-state index in [2.05, 4.69) is 0 Å². The first-order valence-electron chi connectivity index (χ1n) is 8.68. The van der Waals surface area contributed by atoms with E-state index in [-0.39, 0.29) is 5.92 Å². The van der Waals surface area contributed by atoms with Gasteiger partial charge in [-0.25, -0.2) is 0 Å². The molecule has 0 aliphatic heterocycles. The van der Waals surface area contributed by atoms with Crippen molar-refractivity contribution in [3.05, 3.63) is 0 Å². The Labute approximate surface area is 121 Å². The van der Waals surface area contributed by atoms with Crippen LogP contribution in [0.1, 0.15) is 57.8 Å². The third-order valence-corrected chi connectivity index (χ3v) is 7.29. The molecule has 4 saturated carbocycles. The largest absolute Gasteiger partial charge is 0.393 e. The van der Waals surface area contributed by atoms with Crippen molar-refractivity contribution < 1.29 is 15.3 Å². The third-order valence-electron chi connectivity index (χ3n) is 7.29. The fourth-order valence-electron chi connectivity index (χ4n) is 6.46. The topological polar surface area (TPSA) is 60.7 Å². The summed E-state index contributed by atoms with van der Waals surface area (Å²) in [6, 6.07) is 0. The highest BCUT2D eigenvalue weighted by Crippen LogP contribution is 2.58. The van der Waals surface area contributed by atoms with Gasteiger partial charge in [0.05, 0.1) is 17.8 Å². The summed E-state index contributed by atoms with van der Waals surface area (Å²) >= 11 is 0. The number of rotatable bonds is 0. The van der Waals surface area contributed by atoms with Gasteiger partial charge in [-0.2, -0.15) is 0 Å². The van der Waals surface area contributed by atoms with E-state index in [0.717, 1.165) is 31.1 Å². The van der Waals surface area contributed by atoms with E-state index in [1.54, 1.807) is 0 Å². The molecule has 0 radical (unpaired) electrons. The van der Waals surface area contributed by atoms with Gasteiger partial charge in [0, 0.05) is 6.42 Å². The first kappa shape index (κ1) is 13.5. The van der Waals surface area contributed by atoms with E-state index in [9.17, 15) is 15.3 Å². The van der Waals surface area contributed by atoms with E-state index in [1.807, 2.05) is 0 Å². The summed E-state index contributed by atoms with van der Waals surface area (Å²) in [6.45, 7) is 0. The second kappa shape index (κ2) is 4.69. The summed E-state index contributed by atoms with van der Waals surface area (Å²) in [5, 5.41) is 31.5. The van der Waals surface area contributed by atoms with Crippen LogP contribution in [0.5, 0.6) is 0 Å². The fourth-order valence-corrected chi connectivity index (χ4v) is 6.46. The molecule has 0 heterocycles. The van der Waals surface area contributed by atoms with Gasteiger partial charge in [-0.3, -0.25) is 0 Å². The summed E-state index contributed by atoms with van der Waals surface area (Å²) in [7, 11) is 0. The molecule has 0 bridgehead atoms. The van der Waals surface area contributed by atoms with Crippen LogP contribution in [0, 0.1) is 29.6 Å². The first-order chi connectivity index (χ1) is 9.59. The third kappa shape index (κ3) is 1.82. The molecule has 3 N–H and O–H groups in total. The molecule has 0 saturated heterocycles. The first-order valence-corrected chi connectivity index (χ1v) is 8.68. The highest BCUT2D eigenvalue weighted by atomic mass is 16.3. The van der Waals surface area contributed by atoms with Crippen LogP contribution >= 0.6 is 0 Å². The van der Waals surface area contributed by atoms with Crippen molar-refractivity contribution in [3.63, 3.8) is 0 Å². The van der Waals surface area contributed by atoms with Gasteiger partial charge in [0.2, 0.25) is 0 Å². The predicted molar refractivity (Wildman–Crippen MR) is 76.0 cm³/mol. The molecule has 8 atom stereocenters. The lowest BCUT2D eigenvalue weighted by Crippen LogP contribution is -2.62. The maximum Gasteiger partial charge on any atom is 0.0960 e. The lowest BCUT2D eigenvalue weighted by molar-refractivity contribution is -0.216. The molecule has 4 rings (SSSR count). The second-order valence-corrected chi connectivity index (χ2v) is 8.04. The molecule has 0 amide bonds. The van der Waals surface area contributed by atoms with Gasteiger partial charge in [-0.1, -0.05) is 12.8 Å². The van der Waals surface area contributed by atoms with Crippen molar-refractivity contribution in [1.29, 1.82) is 0 Å². The molecule has 3 nitrogen and oxygen atoms in total. The molecule has 4 aliphatic carbocycles. The summed E-state index contributed by atoms with van der Waals surface area (Å²) in [4.78, 5) is 0. The zero-order valence-corrected chi connectivity index (χ0v) is 12.2. The highest BCUT2D eigenvalue weighted by molar-refractivity contribution is 5.09. The summed E-state index contributed by atoms with van der Waals surface area (Å²) in [6.07, 6.45) is 8.46. The monoisotopic (exact) mass is 280 g/mol. The Morgan fingerprint density at radius 3 is 2.50 bits per heavy atom. The maximum atomic E-state index is 11.0. The van der Waals surface area contributed by atoms with Crippen LogP contribution < -0.4 is 0 Å². The fraction of sp³-hybridized carbons (Fsp3) is 1.00. The number of fused-ring (bicyclic) bond motifs is 5. The van der Waals surface area contributed by atoms with Crippen molar-refractivity contribution >= 4 is 0 Å². The highest BCUT2D eigenvalue weighted by Gasteiger charge is 2.58. The number of aliphatic hydroxyl groups is 3. The van der Waals surface area contributed by atoms with Gasteiger partial charge in [-0.15, -0.1) is 0 Å². The molecular formula is C17H28O3. The molecule has 0 aromatic rings. The summed E-state index contributed by atoms with van der Waals surface area (Å²) < 4.78 is 0. The summed E-state index contributed by atoms with van der Waals surface area (Å²) in [5.41, 5.74) is -1.01. The van der Waals surface area contributed by atoms with E-state index in [0.29, 0.717) is 18.3 Å². The van der Waals surface area contributed by atoms with E-state index in [1.165, 1.54) is 32.1 Å². The van der Waals surface area contributed by atoms with Crippen LogP contribution in [0.25, 0.3) is 0 Å². The minimum absolute atomic E-state index is 0.223. The molecule has 114 valence electrons. The average Bonchev–Trinajstić information content (AvgIpc) is 2.88. The summed E-state index contributed by atoms with van der Waals surface area (Å²) in [5.74, 6) is 3.15. The number of hydrogen-bond donors (Lipinski definition) is 3. The second-order valence-electron chi connectivity index (χ2n) is 8.04. The number of hydrogen-bond acceptors (Lipinski definition) is 3. The molecule has 4 fully saturated rings. The smallest absolute Gasteiger partial charge is 0.0960 e. The Hall–Kier alpha value is -0.120. The van der Waals surface area contributed by atoms with Gasteiger partial charge < -0.3 is 15.3 Å². The standard InChI is InChI=1S/C17H28O3/c18-11-5-7-15-13-6-4-10-2-1-3-12(10)14(13)8-16(19)17(15,20)9-11/h10-16,18-20H,1-9H2. The van der Waals surface area contributed by atoms with Gasteiger partial charge in [0.25, 0.3) is 0 Å². The lowest BCUT2D eigenvalue weighted by Gasteiger charge is -2.57. The molecule has 0 aromatic carbocycles. The Kier molecular flexibility index (Phi) is 3.17. The molecule has 0 spiro atoms. The van der Waals surface area contributed by atoms with Crippen LogP contribution in [0.15, 0.2) is 0 Å². The Bertz CT molecular complexity index is 384. The van der Waals surface area contributed by atoms with Crippen LogP contribution in [0.2, 0.25) is 0 Å². The molecule has 0 aromatic heterocycles. The Morgan fingerprint density at radius 1 is 0.800 bits per heavy atom. The van der Waals surface area contributed by atoms with Crippen LogP contribution in [-0.2, 0) is 0 Å². The van der Waals surface area contributed by atoms with Crippen molar-refractivity contribution in [2.75, 3.05) is 0 Å². The number of aliphatic hydroxyl groups excluding tert-OH is 2. The molecule has 3 heteroatoms. The molecule has 20 heavy (non-hydrogen) atoms. The quantitative estimate of drug-likeness (QED) is 0.637. The molecule has 4 aliphatic rings. The van der Waals surface area contributed by atoms with Gasteiger partial charge >= 0.3 is 0 Å². The Balaban J connectivity index is 1.63. The van der Waals surface area contributed by atoms with Crippen molar-refractivity contribution in [2.45, 2.75) is 75.6 Å². The Morgan fingerprint density at radius 2 is 1.65 bits per heavy atom. The van der Waals surface area contributed by atoms with E-state index < -0.39 is 17.8 Å². The normalized spacial score (nSPS) is 58.6. The maximum absolute atomic E-state index is 11.0. The van der Waals surface area contributed by atoms with Gasteiger partial charge in [0.15, 0.2) is 0 Å². The molecular weight excluding hydrogens is 252 g/mol. The van der Waals surface area contributed by atoms with Crippen molar-refractivity contribution in [2.24, 2.45) is 29.6 Å². The molecule has 8 unspecified atom stereocenters. The predicted octanol–water partition coefficient (Wildman–Crippen LogP) is 2.09. The van der Waals surface area contributed by atoms with Crippen LogP contribution in [0.4, 0.5) is 0 Å². The van der Waals surface area contributed by atoms with Crippen LogP contribution in [0.3, 0.4) is 0 Å². The zero-order valence-electron chi connectivity index (χ0n) is 12.2.